The number of ether oxygens (including phenoxy) is 1. The molecule has 7 nitrogen and oxygen atoms in total. The summed E-state index contributed by atoms with van der Waals surface area (Å²) in [4.78, 5) is 46.5. The van der Waals surface area contributed by atoms with E-state index in [4.69, 9.17) is 4.74 Å². The number of anilines is 1. The van der Waals surface area contributed by atoms with Crippen LogP contribution in [0, 0.1) is 25.7 Å². The third kappa shape index (κ3) is 5.55. The van der Waals surface area contributed by atoms with E-state index < -0.39 is 28.7 Å². The second-order valence-corrected chi connectivity index (χ2v) is 13.5. The third-order valence-corrected chi connectivity index (χ3v) is 11.2. The van der Waals surface area contributed by atoms with Crippen molar-refractivity contribution in [2.45, 2.75) is 68.0 Å². The van der Waals surface area contributed by atoms with E-state index in [2.05, 4.69) is 13.2 Å². The quantitative estimate of drug-likeness (QED) is 0.184. The van der Waals surface area contributed by atoms with Crippen molar-refractivity contribution < 1.29 is 24.2 Å². The first kappa shape index (κ1) is 31.1. The molecule has 228 valence electrons. The normalized spacial score (nSPS) is 26.2. The van der Waals surface area contributed by atoms with Crippen LogP contribution in [0.5, 0.6) is 0 Å². The van der Waals surface area contributed by atoms with Gasteiger partial charge in [0.25, 0.3) is 5.91 Å². The molecule has 0 aromatic heterocycles. The fraction of sp³-hybridized carbons (Fsp3) is 0.457. The number of nitrogens with zero attached hydrogens (tertiary/aromatic N) is 2. The predicted octanol–water partition coefficient (Wildman–Crippen LogP) is 5.55. The van der Waals surface area contributed by atoms with Crippen molar-refractivity contribution in [3.05, 3.63) is 90.5 Å². The van der Waals surface area contributed by atoms with Gasteiger partial charge in [-0.3, -0.25) is 14.4 Å². The predicted molar refractivity (Wildman–Crippen MR) is 171 cm³/mol. The number of thioether (sulfide) groups is 1. The molecule has 1 N–H and O–H groups in total. The number of likely N-dealkylation sites (tertiary alicyclic amines) is 1. The molecule has 3 heterocycles. The van der Waals surface area contributed by atoms with Crippen LogP contribution >= 0.6 is 11.8 Å². The van der Waals surface area contributed by atoms with E-state index in [0.717, 1.165) is 48.1 Å². The maximum atomic E-state index is 14.9. The second-order valence-electron chi connectivity index (χ2n) is 11.9. The Morgan fingerprint density at radius 1 is 1.16 bits per heavy atom. The zero-order valence-electron chi connectivity index (χ0n) is 25.1. The Hall–Kier alpha value is -3.36. The largest absolute Gasteiger partial charge is 0.465 e. The topological polar surface area (TPSA) is 87.2 Å². The van der Waals surface area contributed by atoms with Gasteiger partial charge in [0.1, 0.15) is 6.04 Å². The van der Waals surface area contributed by atoms with E-state index in [1.54, 1.807) is 27.6 Å². The number of unbranched alkanes of at least 4 members (excludes halogenated alkanes) is 2. The van der Waals surface area contributed by atoms with E-state index >= 15 is 0 Å². The number of allylic oxidation sites excluding steroid dienone is 1. The number of aryl methyl sites for hydroxylation is 2. The molecule has 3 aliphatic rings. The lowest BCUT2D eigenvalue weighted by molar-refractivity contribution is -0.154. The van der Waals surface area contributed by atoms with Crippen LogP contribution in [0.2, 0.25) is 0 Å². The first-order valence-corrected chi connectivity index (χ1v) is 16.1. The molecule has 0 saturated carbocycles. The lowest BCUT2D eigenvalue weighted by atomic mass is 9.71. The van der Waals surface area contributed by atoms with Crippen molar-refractivity contribution in [2.75, 3.05) is 24.7 Å². The van der Waals surface area contributed by atoms with Crippen molar-refractivity contribution in [2.24, 2.45) is 11.8 Å². The van der Waals surface area contributed by atoms with Gasteiger partial charge in [-0.15, -0.1) is 24.9 Å². The van der Waals surface area contributed by atoms with Crippen LogP contribution in [0.4, 0.5) is 5.69 Å². The van der Waals surface area contributed by atoms with Gasteiger partial charge < -0.3 is 19.6 Å². The zero-order chi connectivity index (χ0) is 30.7. The molecule has 5 rings (SSSR count). The molecule has 2 aromatic rings. The molecule has 2 amide bonds. The summed E-state index contributed by atoms with van der Waals surface area (Å²) < 4.78 is 4.95. The highest BCUT2D eigenvalue weighted by atomic mass is 32.2. The Bertz CT molecular complexity index is 1380. The Balaban J connectivity index is 1.57. The van der Waals surface area contributed by atoms with Crippen molar-refractivity contribution in [3.8, 4) is 0 Å². The summed E-state index contributed by atoms with van der Waals surface area (Å²) in [6.07, 6.45) is 7.36. The van der Waals surface area contributed by atoms with Crippen LogP contribution < -0.4 is 4.90 Å². The van der Waals surface area contributed by atoms with Crippen LogP contribution in [0.1, 0.15) is 54.8 Å². The van der Waals surface area contributed by atoms with Crippen molar-refractivity contribution in [1.82, 2.24) is 4.90 Å². The molecule has 0 aliphatic carbocycles. The van der Waals surface area contributed by atoms with Gasteiger partial charge in [0.15, 0.2) is 0 Å². The molecule has 3 aliphatic heterocycles. The molecule has 43 heavy (non-hydrogen) atoms. The summed E-state index contributed by atoms with van der Waals surface area (Å²) in [6.45, 7) is 11.8. The van der Waals surface area contributed by atoms with Gasteiger partial charge >= 0.3 is 5.97 Å². The summed E-state index contributed by atoms with van der Waals surface area (Å²) in [7, 11) is 0. The average molecular weight is 603 g/mol. The Kier molecular flexibility index (Phi) is 9.47. The summed E-state index contributed by atoms with van der Waals surface area (Å²) in [5.41, 5.74) is 3.47. The number of rotatable bonds is 13. The Morgan fingerprint density at radius 2 is 1.93 bits per heavy atom. The number of carbonyl (C=O) groups is 3. The highest BCUT2D eigenvalue weighted by molar-refractivity contribution is 8.02. The average Bonchev–Trinajstić information content (AvgIpc) is 3.65. The van der Waals surface area contributed by atoms with Crippen LogP contribution in [-0.4, -0.2) is 63.6 Å². The molecule has 2 bridgehead atoms. The molecule has 8 heteroatoms. The summed E-state index contributed by atoms with van der Waals surface area (Å²) in [6, 6.07) is 13.7. The number of aliphatic hydroxyl groups excluding tert-OH is 1. The molecule has 2 unspecified atom stereocenters. The van der Waals surface area contributed by atoms with Crippen LogP contribution in [0.25, 0.3) is 0 Å². The lowest BCUT2D eigenvalue weighted by Crippen LogP contribution is -2.56. The minimum absolute atomic E-state index is 0.0927. The number of hydrogen-bond donors (Lipinski definition) is 1. The van der Waals surface area contributed by atoms with E-state index in [0.29, 0.717) is 13.0 Å². The van der Waals surface area contributed by atoms with Gasteiger partial charge in [0.05, 0.1) is 35.8 Å². The van der Waals surface area contributed by atoms with E-state index in [1.165, 1.54) is 0 Å². The van der Waals surface area contributed by atoms with Crippen LogP contribution in [0.15, 0.2) is 73.8 Å². The van der Waals surface area contributed by atoms with Crippen molar-refractivity contribution in [1.29, 1.82) is 0 Å². The minimum atomic E-state index is -0.873. The third-order valence-electron chi connectivity index (χ3n) is 9.22. The maximum Gasteiger partial charge on any atom is 0.310 e. The van der Waals surface area contributed by atoms with Gasteiger partial charge in [-0.2, -0.15) is 0 Å². The van der Waals surface area contributed by atoms with E-state index in [1.807, 2.05) is 68.5 Å². The van der Waals surface area contributed by atoms with Crippen molar-refractivity contribution >= 4 is 35.2 Å². The van der Waals surface area contributed by atoms with Gasteiger partial charge in [-0.25, -0.2) is 0 Å². The number of carbonyl (C=O) groups excluding carboxylic acids is 3. The number of fused-ring (bicyclic) bond motifs is 1. The minimum Gasteiger partial charge on any atom is -0.465 e. The number of aliphatic hydroxyl groups is 1. The first-order valence-electron chi connectivity index (χ1n) is 15.2. The number of benzene rings is 2. The smallest absolute Gasteiger partial charge is 0.310 e. The van der Waals surface area contributed by atoms with Gasteiger partial charge in [0.2, 0.25) is 5.91 Å². The SMILES string of the molecule is C=CCCCCOC(=O)[C@@H]1[C@@H]2CCC3(S2)C(C(=O)N(CC=C)c2cc(C)ccc2C)N([C@H](CO)c2ccccc2)C(=O)[C@H]13. The van der Waals surface area contributed by atoms with E-state index in [-0.39, 0.29) is 36.2 Å². The second kappa shape index (κ2) is 13.1. The highest BCUT2D eigenvalue weighted by Gasteiger charge is 2.75. The fourth-order valence-corrected chi connectivity index (χ4v) is 9.44. The molecule has 1 spiro atoms. The monoisotopic (exact) mass is 602 g/mol. The van der Waals surface area contributed by atoms with Gasteiger partial charge in [0, 0.05) is 17.5 Å². The van der Waals surface area contributed by atoms with Gasteiger partial charge in [-0.1, -0.05) is 54.6 Å². The summed E-state index contributed by atoms with van der Waals surface area (Å²) >= 11 is 1.61. The van der Waals surface area contributed by atoms with Gasteiger partial charge in [-0.05, 0) is 68.7 Å². The molecule has 6 atom stereocenters. The zero-order valence-corrected chi connectivity index (χ0v) is 25.9. The summed E-state index contributed by atoms with van der Waals surface area (Å²) in [5, 5.41) is 10.7. The molecule has 0 radical (unpaired) electrons. The first-order chi connectivity index (χ1) is 20.8. The summed E-state index contributed by atoms with van der Waals surface area (Å²) in [5.74, 6) is -2.17. The Morgan fingerprint density at radius 3 is 2.63 bits per heavy atom. The fourth-order valence-electron chi connectivity index (χ4n) is 7.26. The molecular weight excluding hydrogens is 560 g/mol. The van der Waals surface area contributed by atoms with Crippen LogP contribution in [-0.2, 0) is 19.1 Å². The molecule has 3 saturated heterocycles. The lowest BCUT2D eigenvalue weighted by Gasteiger charge is -2.40. The molecule has 2 aromatic carbocycles. The highest BCUT2D eigenvalue weighted by Crippen LogP contribution is 2.67. The van der Waals surface area contributed by atoms with Crippen molar-refractivity contribution in [3.63, 3.8) is 0 Å². The van der Waals surface area contributed by atoms with Crippen LogP contribution in [0.3, 0.4) is 0 Å². The Labute approximate surface area is 259 Å². The molecule has 3 fully saturated rings. The van der Waals surface area contributed by atoms with E-state index in [9.17, 15) is 19.5 Å². The number of esters is 1. The number of hydrogen-bond acceptors (Lipinski definition) is 6. The molecular formula is C35H42N2O5S. The standard InChI is InChI=1S/C35H42N2O5S/c1-5-7-8-12-20-42-34(41)29-28-17-18-35(43-28)30(29)32(39)37(27(22-38)25-13-10-9-11-14-25)31(35)33(40)36(19-6-2)26-21-23(3)15-16-24(26)4/h5-6,9-11,13-16,21,27-31,38H,1-2,7-8,12,17-20,22H2,3-4H3/t27-,28+,29-,30+,31?,35?/m1/s1. The maximum absolute atomic E-state index is 14.9. The number of amides is 2.